The van der Waals surface area contributed by atoms with Crippen LogP contribution in [-0.2, 0) is 4.79 Å². The van der Waals surface area contributed by atoms with E-state index in [9.17, 15) is 4.79 Å². The number of nitrogens with one attached hydrogen (secondary N) is 1. The highest BCUT2D eigenvalue weighted by Crippen LogP contribution is 2.25. The number of halogens is 1. The van der Waals surface area contributed by atoms with Crippen LogP contribution >= 0.6 is 22.6 Å². The maximum atomic E-state index is 11.4. The maximum Gasteiger partial charge on any atom is 0.218 e. The summed E-state index contributed by atoms with van der Waals surface area (Å²) in [6, 6.07) is 5.99. The predicted octanol–water partition coefficient (Wildman–Crippen LogP) is 3.44. The van der Waals surface area contributed by atoms with Crippen molar-refractivity contribution in [2.24, 2.45) is 0 Å². The van der Waals surface area contributed by atoms with E-state index in [-0.39, 0.29) is 12.5 Å². The van der Waals surface area contributed by atoms with Gasteiger partial charge in [-0.2, -0.15) is 0 Å². The number of hydrogen-bond acceptors (Lipinski definition) is 3. The van der Waals surface area contributed by atoms with Crippen LogP contribution in [0.2, 0.25) is 0 Å². The molecule has 2 aromatic rings. The molecule has 1 heterocycles. The van der Waals surface area contributed by atoms with E-state index in [1.807, 2.05) is 32.2 Å². The Hall–Kier alpha value is -1.81. The zero-order valence-corrected chi connectivity index (χ0v) is 15.8. The monoisotopic (exact) mass is 422 g/mol. The summed E-state index contributed by atoms with van der Waals surface area (Å²) in [5.41, 5.74) is 1.31. The molecule has 0 radical (unpaired) electrons. The average molecular weight is 422 g/mol. The first-order chi connectivity index (χ1) is 10.8. The Morgan fingerprint density at radius 2 is 2.17 bits per heavy atom. The molecule has 0 aliphatic rings. The van der Waals surface area contributed by atoms with Crippen molar-refractivity contribution >= 4 is 39.4 Å². The van der Waals surface area contributed by atoms with E-state index in [4.69, 9.17) is 4.74 Å². The van der Waals surface area contributed by atoms with E-state index >= 15 is 0 Å². The number of carbonyl (C=O) groups excluding carboxylic acids is 1. The molecule has 120 valence electrons. The highest BCUT2D eigenvalue weighted by Gasteiger charge is 2.23. The van der Waals surface area contributed by atoms with Gasteiger partial charge in [-0.1, -0.05) is 5.92 Å². The molecule has 0 spiro atoms. The fourth-order valence-corrected chi connectivity index (χ4v) is 2.92. The lowest BCUT2D eigenvalue weighted by Crippen LogP contribution is -2.48. The number of carbonyl (C=O) groups is 1. The van der Waals surface area contributed by atoms with E-state index in [0.717, 1.165) is 25.8 Å². The lowest BCUT2D eigenvalue weighted by atomic mass is 10.0. The molecule has 0 aliphatic carbocycles. The molecule has 1 aromatic heterocycles. The summed E-state index contributed by atoms with van der Waals surface area (Å²) >= 11 is 2.24. The Bertz CT molecular complexity index is 808. The van der Waals surface area contributed by atoms with Crippen LogP contribution in [0.25, 0.3) is 10.9 Å². The zero-order chi connectivity index (χ0) is 17.0. The van der Waals surface area contributed by atoms with Crippen LogP contribution < -0.4 is 10.1 Å². The molecule has 0 saturated heterocycles. The number of aromatic nitrogens is 1. The maximum absolute atomic E-state index is 11.4. The normalized spacial score (nSPS) is 12.9. The third kappa shape index (κ3) is 4.58. The first kappa shape index (κ1) is 17.5. The molecule has 23 heavy (non-hydrogen) atoms. The topological polar surface area (TPSA) is 51.2 Å². The Labute approximate surface area is 150 Å². The minimum atomic E-state index is -0.715. The molecule has 1 aromatic carbocycles. The van der Waals surface area contributed by atoms with Gasteiger partial charge >= 0.3 is 0 Å². The van der Waals surface area contributed by atoms with Crippen LogP contribution in [0.5, 0.6) is 5.75 Å². The summed E-state index contributed by atoms with van der Waals surface area (Å²) in [5.74, 6) is 6.46. The Morgan fingerprint density at radius 3 is 2.83 bits per heavy atom. The van der Waals surface area contributed by atoms with Crippen molar-refractivity contribution in [2.75, 3.05) is 6.61 Å². The van der Waals surface area contributed by atoms with Gasteiger partial charge in [0.05, 0.1) is 5.52 Å². The second kappa shape index (κ2) is 7.18. The standard InChI is InChI=1S/C18H19IN2O2/c1-5-6-18(4,21-13(3)22)11-23-16-7-12(2)17-14(9-16)8-15(19)10-20-17/h7-10H,11H2,1-4H3,(H,21,22). The molecule has 1 amide bonds. The van der Waals surface area contributed by atoms with Crippen molar-refractivity contribution in [3.05, 3.63) is 33.5 Å². The highest BCUT2D eigenvalue weighted by molar-refractivity contribution is 14.1. The summed E-state index contributed by atoms with van der Waals surface area (Å²) in [7, 11) is 0. The minimum Gasteiger partial charge on any atom is -0.490 e. The van der Waals surface area contributed by atoms with Gasteiger partial charge in [-0.25, -0.2) is 0 Å². The van der Waals surface area contributed by atoms with Gasteiger partial charge < -0.3 is 10.1 Å². The molecule has 0 aliphatic heterocycles. The van der Waals surface area contributed by atoms with Crippen LogP contribution in [0.4, 0.5) is 0 Å². The van der Waals surface area contributed by atoms with Gasteiger partial charge in [0.1, 0.15) is 17.9 Å². The fourth-order valence-electron chi connectivity index (χ4n) is 2.45. The number of aryl methyl sites for hydroxylation is 1. The zero-order valence-electron chi connectivity index (χ0n) is 13.7. The molecule has 0 bridgehead atoms. The number of amides is 1. The summed E-state index contributed by atoms with van der Waals surface area (Å²) in [4.78, 5) is 15.8. The number of hydrogen-bond donors (Lipinski definition) is 1. The largest absolute Gasteiger partial charge is 0.490 e. The van der Waals surface area contributed by atoms with Crippen LogP contribution in [0.15, 0.2) is 24.4 Å². The van der Waals surface area contributed by atoms with E-state index in [0.29, 0.717) is 0 Å². The fraction of sp³-hybridized carbons (Fsp3) is 0.333. The van der Waals surface area contributed by atoms with Crippen molar-refractivity contribution in [2.45, 2.75) is 33.2 Å². The molecule has 0 fully saturated rings. The lowest BCUT2D eigenvalue weighted by molar-refractivity contribution is -0.120. The van der Waals surface area contributed by atoms with Crippen LogP contribution in [0.3, 0.4) is 0 Å². The molecule has 1 atom stereocenters. The smallest absolute Gasteiger partial charge is 0.218 e. The number of fused-ring (bicyclic) bond motifs is 1. The third-order valence-corrected chi connectivity index (χ3v) is 3.88. The number of rotatable bonds is 4. The van der Waals surface area contributed by atoms with Gasteiger partial charge in [-0.05, 0) is 67.1 Å². The van der Waals surface area contributed by atoms with Gasteiger partial charge in [0.15, 0.2) is 0 Å². The summed E-state index contributed by atoms with van der Waals surface area (Å²) < 4.78 is 6.98. The quantitative estimate of drug-likeness (QED) is 0.607. The van der Waals surface area contributed by atoms with Crippen LogP contribution in [0.1, 0.15) is 26.3 Å². The van der Waals surface area contributed by atoms with Crippen molar-refractivity contribution in [3.63, 3.8) is 0 Å². The van der Waals surface area contributed by atoms with Gasteiger partial charge in [0.2, 0.25) is 5.91 Å². The minimum absolute atomic E-state index is 0.132. The second-order valence-electron chi connectivity index (χ2n) is 5.64. The van der Waals surface area contributed by atoms with Gasteiger partial charge in [0, 0.05) is 22.1 Å². The molecule has 1 unspecified atom stereocenters. The number of benzene rings is 1. The third-order valence-electron chi connectivity index (χ3n) is 3.29. The Kier molecular flexibility index (Phi) is 5.47. The van der Waals surface area contributed by atoms with E-state index in [1.54, 1.807) is 6.92 Å². The second-order valence-corrected chi connectivity index (χ2v) is 6.89. The van der Waals surface area contributed by atoms with E-state index in [2.05, 4.69) is 50.8 Å². The molecular weight excluding hydrogens is 403 g/mol. The van der Waals surface area contributed by atoms with E-state index in [1.165, 1.54) is 6.92 Å². The molecule has 1 N–H and O–H groups in total. The Balaban J connectivity index is 2.26. The number of nitrogens with zero attached hydrogens (tertiary/aromatic N) is 1. The van der Waals surface area contributed by atoms with Crippen molar-refractivity contribution in [1.82, 2.24) is 10.3 Å². The van der Waals surface area contributed by atoms with Crippen molar-refractivity contribution in [1.29, 1.82) is 0 Å². The van der Waals surface area contributed by atoms with Gasteiger partial charge in [-0.3, -0.25) is 9.78 Å². The van der Waals surface area contributed by atoms with Crippen LogP contribution in [-0.4, -0.2) is 23.0 Å². The first-order valence-electron chi connectivity index (χ1n) is 7.24. The van der Waals surface area contributed by atoms with Gasteiger partial charge in [-0.15, -0.1) is 5.92 Å². The number of pyridine rings is 1. The van der Waals surface area contributed by atoms with E-state index < -0.39 is 5.54 Å². The molecule has 2 rings (SSSR count). The summed E-state index contributed by atoms with van der Waals surface area (Å²) in [5, 5.41) is 3.87. The lowest BCUT2D eigenvalue weighted by Gasteiger charge is -2.25. The summed E-state index contributed by atoms with van der Waals surface area (Å²) in [6.07, 6.45) is 1.85. The Morgan fingerprint density at radius 1 is 1.43 bits per heavy atom. The predicted molar refractivity (Wildman–Crippen MR) is 100 cm³/mol. The molecule has 5 heteroatoms. The molecule has 4 nitrogen and oxygen atoms in total. The summed E-state index contributed by atoms with van der Waals surface area (Å²) in [6.45, 7) is 7.35. The SMILES string of the molecule is CC#CC(C)(COc1cc(C)c2ncc(I)cc2c1)NC(C)=O. The van der Waals surface area contributed by atoms with Crippen LogP contribution in [0, 0.1) is 22.3 Å². The first-order valence-corrected chi connectivity index (χ1v) is 8.32. The van der Waals surface area contributed by atoms with Crippen molar-refractivity contribution < 1.29 is 9.53 Å². The highest BCUT2D eigenvalue weighted by atomic mass is 127. The average Bonchev–Trinajstić information content (AvgIpc) is 2.44. The molecule has 0 saturated carbocycles. The van der Waals surface area contributed by atoms with Gasteiger partial charge in [0.25, 0.3) is 0 Å². The van der Waals surface area contributed by atoms with Crippen molar-refractivity contribution in [3.8, 4) is 17.6 Å². The number of ether oxygens (including phenoxy) is 1. The molecular formula is C18H19IN2O2.